The van der Waals surface area contributed by atoms with Gasteiger partial charge < -0.3 is 20.3 Å². The number of fused-ring (bicyclic) bond motifs is 2. The summed E-state index contributed by atoms with van der Waals surface area (Å²) in [7, 11) is 0. The third-order valence-corrected chi connectivity index (χ3v) is 10.6. The van der Waals surface area contributed by atoms with Gasteiger partial charge in [0.1, 0.15) is 17.0 Å². The third-order valence-electron chi connectivity index (χ3n) is 10.6. The molecule has 3 aliphatic rings. The smallest absolute Gasteiger partial charge is 0.180 e. The first-order chi connectivity index (χ1) is 19.3. The van der Waals surface area contributed by atoms with Gasteiger partial charge in [0.15, 0.2) is 11.7 Å². The molecular formula is C37H55NO4. The number of carbonyl (C=O) groups is 1. The van der Waals surface area contributed by atoms with Crippen molar-refractivity contribution in [3.05, 3.63) is 72.3 Å². The first-order valence-electron chi connectivity index (χ1n) is 15.9. The monoisotopic (exact) mass is 577 g/mol. The standard InChI is InChI=1S/C37H55NO4/c1-21(2)16-28(37(11,41)23(4)39)17-22(3)31-29(20-30-32(31)36(30,9)10)34(40)33(38-24(5)42-35(6,7)8)27-18-25-14-12-13-15-26(25)19-27/h12-15,21,27-33,38-39,41H,3-5,16-20H2,1-2,6-11H3. The lowest BCUT2D eigenvalue weighted by atomic mass is 9.70. The molecule has 0 amide bonds. The summed E-state index contributed by atoms with van der Waals surface area (Å²) in [6, 6.07) is 8.07. The van der Waals surface area contributed by atoms with Gasteiger partial charge in [-0.3, -0.25) is 4.79 Å². The third kappa shape index (κ3) is 6.51. The molecule has 42 heavy (non-hydrogen) atoms. The lowest BCUT2D eigenvalue weighted by Gasteiger charge is -2.37. The van der Waals surface area contributed by atoms with Crippen LogP contribution in [0.15, 0.2) is 61.2 Å². The van der Waals surface area contributed by atoms with Gasteiger partial charge >= 0.3 is 0 Å². The number of aliphatic hydroxyl groups is 2. The molecule has 0 saturated heterocycles. The van der Waals surface area contributed by atoms with E-state index in [0.717, 1.165) is 31.3 Å². The van der Waals surface area contributed by atoms with Gasteiger partial charge in [-0.15, -0.1) is 0 Å². The molecule has 0 radical (unpaired) electrons. The van der Waals surface area contributed by atoms with E-state index in [1.165, 1.54) is 11.1 Å². The quantitative estimate of drug-likeness (QED) is 0.167. The summed E-state index contributed by atoms with van der Waals surface area (Å²) in [6.07, 6.45) is 3.81. The Morgan fingerprint density at radius 2 is 1.67 bits per heavy atom. The second-order valence-electron chi connectivity index (χ2n) is 15.7. The van der Waals surface area contributed by atoms with Crippen LogP contribution < -0.4 is 5.32 Å². The lowest BCUT2D eigenvalue weighted by molar-refractivity contribution is -0.128. The summed E-state index contributed by atoms with van der Waals surface area (Å²) in [4.78, 5) is 14.7. The Morgan fingerprint density at radius 1 is 1.10 bits per heavy atom. The van der Waals surface area contributed by atoms with Gasteiger partial charge in [-0.2, -0.15) is 0 Å². The lowest BCUT2D eigenvalue weighted by Crippen LogP contribution is -2.48. The van der Waals surface area contributed by atoms with Crippen molar-refractivity contribution in [3.8, 4) is 0 Å². The number of ketones is 1. The van der Waals surface area contributed by atoms with Gasteiger partial charge in [-0.25, -0.2) is 0 Å². The molecule has 2 saturated carbocycles. The van der Waals surface area contributed by atoms with Crippen molar-refractivity contribution in [3.63, 3.8) is 0 Å². The summed E-state index contributed by atoms with van der Waals surface area (Å²) in [5, 5.41) is 25.0. The van der Waals surface area contributed by atoms with Crippen LogP contribution in [-0.4, -0.2) is 33.2 Å². The molecule has 0 aliphatic heterocycles. The van der Waals surface area contributed by atoms with Crippen LogP contribution in [0, 0.1) is 46.8 Å². The number of ether oxygens (including phenoxy) is 1. The van der Waals surface area contributed by atoms with Crippen molar-refractivity contribution in [1.29, 1.82) is 0 Å². The van der Waals surface area contributed by atoms with E-state index in [1.54, 1.807) is 6.92 Å². The molecule has 1 aromatic carbocycles. The summed E-state index contributed by atoms with van der Waals surface area (Å²) in [5.74, 6) is 1.36. The molecule has 1 aromatic rings. The fourth-order valence-electron chi connectivity index (χ4n) is 8.27. The number of hydrogen-bond donors (Lipinski definition) is 3. The van der Waals surface area contributed by atoms with Gasteiger partial charge in [0.05, 0.1) is 6.04 Å². The van der Waals surface area contributed by atoms with E-state index in [4.69, 9.17) is 4.74 Å². The van der Waals surface area contributed by atoms with Crippen molar-refractivity contribution in [2.75, 3.05) is 0 Å². The SMILES string of the molecule is C=C(NC(C(=O)C1CC2C(C1C(=C)CC(CC(C)C)C(C)(O)C(=C)O)C2(C)C)C1Cc2ccccc2C1)OC(C)(C)C. The summed E-state index contributed by atoms with van der Waals surface area (Å²) >= 11 is 0. The van der Waals surface area contributed by atoms with E-state index in [1.807, 2.05) is 20.8 Å². The summed E-state index contributed by atoms with van der Waals surface area (Å²) in [5.41, 5.74) is 1.94. The fraction of sp³-hybridized carbons (Fsp3) is 0.649. The second-order valence-corrected chi connectivity index (χ2v) is 15.7. The zero-order valence-electron chi connectivity index (χ0n) is 27.3. The highest BCUT2D eigenvalue weighted by atomic mass is 16.5. The van der Waals surface area contributed by atoms with Crippen molar-refractivity contribution in [2.24, 2.45) is 46.8 Å². The Bertz CT molecular complexity index is 1190. The number of allylic oxidation sites excluding steroid dienone is 1. The summed E-state index contributed by atoms with van der Waals surface area (Å²) in [6.45, 7) is 28.9. The molecule has 0 spiro atoms. The van der Waals surface area contributed by atoms with Crippen molar-refractivity contribution < 1.29 is 19.7 Å². The van der Waals surface area contributed by atoms with Crippen LogP contribution >= 0.6 is 0 Å². The van der Waals surface area contributed by atoms with Crippen LogP contribution in [0.3, 0.4) is 0 Å². The van der Waals surface area contributed by atoms with E-state index < -0.39 is 17.2 Å². The zero-order valence-corrected chi connectivity index (χ0v) is 27.3. The normalized spacial score (nSPS) is 27.4. The Hall–Kier alpha value is -2.53. The number of nitrogens with one attached hydrogen (secondary N) is 1. The molecule has 7 atom stereocenters. The molecule has 0 aromatic heterocycles. The molecule has 0 bridgehead atoms. The predicted molar refractivity (Wildman–Crippen MR) is 171 cm³/mol. The predicted octanol–water partition coefficient (Wildman–Crippen LogP) is 7.55. The van der Waals surface area contributed by atoms with Crippen molar-refractivity contribution >= 4 is 5.78 Å². The molecule has 0 heterocycles. The van der Waals surface area contributed by atoms with Gasteiger partial charge in [0, 0.05) is 5.92 Å². The van der Waals surface area contributed by atoms with Crippen LogP contribution in [0.1, 0.15) is 85.8 Å². The molecular weight excluding hydrogens is 522 g/mol. The molecule has 5 nitrogen and oxygen atoms in total. The largest absolute Gasteiger partial charge is 0.510 e. The van der Waals surface area contributed by atoms with Gasteiger partial charge in [-0.1, -0.05) is 70.7 Å². The minimum Gasteiger partial charge on any atom is -0.510 e. The molecule has 3 N–H and O–H groups in total. The van der Waals surface area contributed by atoms with Gasteiger partial charge in [0.25, 0.3) is 0 Å². The molecule has 232 valence electrons. The van der Waals surface area contributed by atoms with E-state index in [-0.39, 0.29) is 40.6 Å². The number of rotatable bonds is 13. The molecule has 4 rings (SSSR count). The highest BCUT2D eigenvalue weighted by molar-refractivity contribution is 5.88. The fourth-order valence-corrected chi connectivity index (χ4v) is 8.27. The molecule has 2 fully saturated rings. The Balaban J connectivity index is 1.63. The second kappa shape index (κ2) is 11.5. The number of aliphatic hydroxyl groups excluding tert-OH is 1. The minimum absolute atomic E-state index is 0.0276. The van der Waals surface area contributed by atoms with E-state index >= 15 is 0 Å². The number of carbonyl (C=O) groups excluding carboxylic acids is 1. The van der Waals surface area contributed by atoms with Gasteiger partial charge in [0.2, 0.25) is 0 Å². The Morgan fingerprint density at radius 3 is 2.17 bits per heavy atom. The average Bonchev–Trinajstić information content (AvgIpc) is 3.24. The number of hydrogen-bond acceptors (Lipinski definition) is 5. The summed E-state index contributed by atoms with van der Waals surface area (Å²) < 4.78 is 6.07. The van der Waals surface area contributed by atoms with Crippen LogP contribution in [0.4, 0.5) is 0 Å². The average molecular weight is 578 g/mol. The highest BCUT2D eigenvalue weighted by Crippen LogP contribution is 2.72. The Kier molecular flexibility index (Phi) is 8.88. The maximum absolute atomic E-state index is 14.7. The van der Waals surface area contributed by atoms with Crippen LogP contribution in [0.2, 0.25) is 0 Å². The maximum Gasteiger partial charge on any atom is 0.180 e. The zero-order chi connectivity index (χ0) is 31.4. The number of Topliss-reactive ketones (excluding diaryl/α,β-unsaturated/α-hetero) is 1. The topological polar surface area (TPSA) is 78.8 Å². The molecule has 7 unspecified atom stereocenters. The van der Waals surface area contributed by atoms with Gasteiger partial charge in [-0.05, 0) is 118 Å². The van der Waals surface area contributed by atoms with Crippen LogP contribution in [-0.2, 0) is 22.4 Å². The first-order valence-corrected chi connectivity index (χ1v) is 15.9. The highest BCUT2D eigenvalue weighted by Gasteiger charge is 2.68. The minimum atomic E-state index is -1.43. The Labute approximate surface area is 254 Å². The molecule has 3 aliphatic carbocycles. The van der Waals surface area contributed by atoms with Crippen LogP contribution in [0.25, 0.3) is 0 Å². The van der Waals surface area contributed by atoms with Crippen molar-refractivity contribution in [1.82, 2.24) is 5.32 Å². The van der Waals surface area contributed by atoms with E-state index in [0.29, 0.717) is 30.1 Å². The van der Waals surface area contributed by atoms with E-state index in [9.17, 15) is 15.0 Å². The maximum atomic E-state index is 14.7. The van der Waals surface area contributed by atoms with Crippen LogP contribution in [0.5, 0.6) is 0 Å². The first kappa shape index (κ1) is 32.4. The van der Waals surface area contributed by atoms with Crippen molar-refractivity contribution in [2.45, 2.75) is 105 Å². The number of benzene rings is 1. The molecule has 5 heteroatoms. The van der Waals surface area contributed by atoms with E-state index in [2.05, 4.69) is 77.0 Å².